The van der Waals surface area contributed by atoms with E-state index in [0.717, 1.165) is 0 Å². The summed E-state index contributed by atoms with van der Waals surface area (Å²) in [6, 6.07) is -0.297. The van der Waals surface area contributed by atoms with Crippen molar-refractivity contribution in [2.24, 2.45) is 0 Å². The molecular weight excluding hydrogens is 294 g/mol. The molecule has 0 unspecified atom stereocenters. The maximum atomic E-state index is 10.2. The van der Waals surface area contributed by atoms with Gasteiger partial charge in [-0.2, -0.15) is 0 Å². The Bertz CT molecular complexity index is 600. The smallest absolute Gasteiger partial charge is 0.329 e. The Labute approximate surface area is 125 Å². The summed E-state index contributed by atoms with van der Waals surface area (Å²) in [6.45, 7) is 1.08. The summed E-state index contributed by atoms with van der Waals surface area (Å²) >= 11 is 0. The van der Waals surface area contributed by atoms with Crippen molar-refractivity contribution in [1.29, 1.82) is 0 Å². The molecule has 22 heavy (non-hydrogen) atoms. The van der Waals surface area contributed by atoms with Crippen LogP contribution in [0, 0.1) is 0 Å². The van der Waals surface area contributed by atoms with Gasteiger partial charge in [-0.05, 0) is 0 Å². The van der Waals surface area contributed by atoms with Crippen molar-refractivity contribution in [3.8, 4) is 17.3 Å². The highest BCUT2D eigenvalue weighted by Gasteiger charge is 2.05. The van der Waals surface area contributed by atoms with E-state index in [1.165, 1.54) is 12.4 Å². The van der Waals surface area contributed by atoms with E-state index in [1.807, 2.05) is 0 Å². The van der Waals surface area contributed by atoms with Gasteiger partial charge in [-0.1, -0.05) is 5.21 Å². The van der Waals surface area contributed by atoms with E-state index in [9.17, 15) is 4.79 Å². The summed E-state index contributed by atoms with van der Waals surface area (Å²) in [4.78, 5) is 17.5. The average molecular weight is 309 g/mol. The summed E-state index contributed by atoms with van der Waals surface area (Å²) in [5.41, 5.74) is 1.23. The van der Waals surface area contributed by atoms with Crippen LogP contribution in [0.5, 0.6) is 6.01 Å². The van der Waals surface area contributed by atoms with Crippen LogP contribution in [0.15, 0.2) is 18.6 Å². The van der Waals surface area contributed by atoms with E-state index in [4.69, 9.17) is 19.7 Å². The first kappa shape index (κ1) is 15.8. The molecule has 0 aliphatic rings. The van der Waals surface area contributed by atoms with E-state index >= 15 is 0 Å². The second kappa shape index (κ2) is 8.00. The van der Waals surface area contributed by atoms with Gasteiger partial charge in [0.2, 0.25) is 0 Å². The minimum absolute atomic E-state index is 0.222. The number of hydrogen-bond donors (Lipinski definition) is 2. The van der Waals surface area contributed by atoms with Crippen molar-refractivity contribution in [3.05, 3.63) is 18.6 Å². The molecule has 0 fully saturated rings. The molecule has 0 bridgehead atoms. The van der Waals surface area contributed by atoms with Crippen LogP contribution in [0.4, 0.5) is 0 Å². The fraction of sp³-hybridized carbons (Fsp3) is 0.417. The molecular formula is C12H15N5O5. The number of carboxylic acids is 1. The number of nitrogens with zero attached hydrogens (tertiary/aromatic N) is 5. The monoisotopic (exact) mass is 309 g/mol. The SMILES string of the molecule is O=C(O)COCCOCCn1cc(-c2cnc(O)nc2)nn1. The lowest BCUT2D eigenvalue weighted by Crippen LogP contribution is -2.13. The Kier molecular flexibility index (Phi) is 5.74. The summed E-state index contributed by atoms with van der Waals surface area (Å²) in [5.74, 6) is -1.01. The molecule has 2 rings (SSSR count). The summed E-state index contributed by atoms with van der Waals surface area (Å²) < 4.78 is 11.7. The van der Waals surface area contributed by atoms with Crippen molar-refractivity contribution >= 4 is 5.97 Å². The Morgan fingerprint density at radius 3 is 2.64 bits per heavy atom. The topological polar surface area (TPSA) is 132 Å². The van der Waals surface area contributed by atoms with E-state index in [-0.39, 0.29) is 19.2 Å². The number of hydrogen-bond acceptors (Lipinski definition) is 8. The highest BCUT2D eigenvalue weighted by molar-refractivity contribution is 5.67. The van der Waals surface area contributed by atoms with Crippen LogP contribution >= 0.6 is 0 Å². The lowest BCUT2D eigenvalue weighted by atomic mass is 10.3. The molecule has 2 aromatic heterocycles. The molecule has 0 saturated carbocycles. The summed E-state index contributed by atoms with van der Waals surface area (Å²) in [6.07, 6.45) is 4.61. The van der Waals surface area contributed by atoms with Crippen molar-refractivity contribution in [3.63, 3.8) is 0 Å². The van der Waals surface area contributed by atoms with E-state index < -0.39 is 5.97 Å². The molecule has 0 aliphatic carbocycles. The predicted molar refractivity (Wildman–Crippen MR) is 72.0 cm³/mol. The van der Waals surface area contributed by atoms with Gasteiger partial charge < -0.3 is 19.7 Å². The number of ether oxygens (including phenoxy) is 2. The largest absolute Gasteiger partial charge is 0.480 e. The fourth-order valence-electron chi connectivity index (χ4n) is 1.53. The van der Waals surface area contributed by atoms with Gasteiger partial charge in [0, 0.05) is 18.0 Å². The van der Waals surface area contributed by atoms with Gasteiger partial charge >= 0.3 is 12.0 Å². The Balaban J connectivity index is 1.69. The zero-order valence-electron chi connectivity index (χ0n) is 11.6. The van der Waals surface area contributed by atoms with Crippen molar-refractivity contribution in [2.75, 3.05) is 26.4 Å². The fourth-order valence-corrected chi connectivity index (χ4v) is 1.53. The maximum Gasteiger partial charge on any atom is 0.329 e. The van der Waals surface area contributed by atoms with E-state index in [1.54, 1.807) is 10.9 Å². The molecule has 10 nitrogen and oxygen atoms in total. The first-order chi connectivity index (χ1) is 10.6. The van der Waals surface area contributed by atoms with Crippen LogP contribution in [-0.4, -0.2) is 67.6 Å². The van der Waals surface area contributed by atoms with Gasteiger partial charge in [-0.15, -0.1) is 5.10 Å². The van der Waals surface area contributed by atoms with E-state index in [0.29, 0.717) is 31.0 Å². The number of aromatic hydroxyl groups is 1. The third-order valence-electron chi connectivity index (χ3n) is 2.53. The molecule has 10 heteroatoms. The number of carbonyl (C=O) groups is 1. The zero-order valence-corrected chi connectivity index (χ0v) is 11.6. The molecule has 0 spiro atoms. The van der Waals surface area contributed by atoms with E-state index in [2.05, 4.69) is 20.3 Å². The van der Waals surface area contributed by atoms with Crippen LogP contribution in [0.2, 0.25) is 0 Å². The summed E-state index contributed by atoms with van der Waals surface area (Å²) in [5, 5.41) is 25.3. The maximum absolute atomic E-state index is 10.2. The predicted octanol–water partition coefficient (Wildman–Crippen LogP) is -0.442. The van der Waals surface area contributed by atoms with Crippen LogP contribution in [0.1, 0.15) is 0 Å². The third-order valence-corrected chi connectivity index (χ3v) is 2.53. The number of aliphatic carboxylic acids is 1. The van der Waals surface area contributed by atoms with Crippen molar-refractivity contribution < 1.29 is 24.5 Å². The molecule has 0 saturated heterocycles. The number of rotatable bonds is 9. The lowest BCUT2D eigenvalue weighted by molar-refractivity contribution is -0.142. The molecule has 0 aromatic carbocycles. The minimum atomic E-state index is -1.01. The van der Waals surface area contributed by atoms with Gasteiger partial charge in [-0.3, -0.25) is 0 Å². The van der Waals surface area contributed by atoms with Gasteiger partial charge in [-0.25, -0.2) is 19.4 Å². The average Bonchev–Trinajstić information content (AvgIpc) is 2.95. The Morgan fingerprint density at radius 2 is 1.91 bits per heavy atom. The second-order valence-corrected chi connectivity index (χ2v) is 4.20. The molecule has 118 valence electrons. The standard InChI is InChI=1S/C12H15N5O5/c18-11(19)8-22-4-3-21-2-1-17-7-10(15-16-17)9-5-13-12(20)14-6-9/h5-7H,1-4,8H2,(H,18,19)(H,13,14,20). The third kappa shape index (κ3) is 5.07. The van der Waals surface area contributed by atoms with Crippen LogP contribution in [0.25, 0.3) is 11.3 Å². The van der Waals surface area contributed by atoms with Crippen molar-refractivity contribution in [1.82, 2.24) is 25.0 Å². The molecule has 0 aliphatic heterocycles. The number of carboxylic acid groups (broad SMARTS) is 1. The zero-order chi connectivity index (χ0) is 15.8. The Morgan fingerprint density at radius 1 is 1.18 bits per heavy atom. The minimum Gasteiger partial charge on any atom is -0.480 e. The van der Waals surface area contributed by atoms with Gasteiger partial charge in [0.05, 0.1) is 32.6 Å². The summed E-state index contributed by atoms with van der Waals surface area (Å²) in [7, 11) is 0. The second-order valence-electron chi connectivity index (χ2n) is 4.20. The quantitative estimate of drug-likeness (QED) is 0.591. The highest BCUT2D eigenvalue weighted by atomic mass is 16.5. The van der Waals surface area contributed by atoms with Gasteiger partial charge in [0.15, 0.2) is 0 Å². The highest BCUT2D eigenvalue weighted by Crippen LogP contribution is 2.14. The Hall–Kier alpha value is -2.59. The lowest BCUT2D eigenvalue weighted by Gasteiger charge is -2.04. The molecule has 2 aromatic rings. The number of aromatic nitrogens is 5. The van der Waals surface area contributed by atoms with Crippen LogP contribution in [0.3, 0.4) is 0 Å². The molecule has 2 N–H and O–H groups in total. The van der Waals surface area contributed by atoms with Crippen LogP contribution < -0.4 is 0 Å². The molecule has 2 heterocycles. The first-order valence-corrected chi connectivity index (χ1v) is 6.44. The first-order valence-electron chi connectivity index (χ1n) is 6.44. The van der Waals surface area contributed by atoms with Gasteiger partial charge in [0.1, 0.15) is 12.3 Å². The van der Waals surface area contributed by atoms with Crippen LogP contribution in [-0.2, 0) is 20.8 Å². The molecule has 0 amide bonds. The molecule has 0 atom stereocenters. The van der Waals surface area contributed by atoms with Crippen molar-refractivity contribution in [2.45, 2.75) is 6.54 Å². The van der Waals surface area contributed by atoms with Gasteiger partial charge in [0.25, 0.3) is 0 Å². The molecule has 0 radical (unpaired) electrons. The normalized spacial score (nSPS) is 10.7.